The van der Waals surface area contributed by atoms with Crippen molar-refractivity contribution in [2.45, 2.75) is 16.0 Å². The highest BCUT2D eigenvalue weighted by molar-refractivity contribution is 8.00. The molecular formula is C13H15N3O2S3. The molecule has 1 aromatic heterocycles. The predicted molar refractivity (Wildman–Crippen MR) is 89.1 cm³/mol. The second-order valence-electron chi connectivity index (χ2n) is 4.35. The van der Waals surface area contributed by atoms with Gasteiger partial charge < -0.3 is 5.73 Å². The number of thiophene rings is 1. The van der Waals surface area contributed by atoms with Crippen molar-refractivity contribution < 1.29 is 8.42 Å². The van der Waals surface area contributed by atoms with Crippen LogP contribution >= 0.6 is 23.1 Å². The smallest absolute Gasteiger partial charge is 0.261 e. The van der Waals surface area contributed by atoms with Crippen LogP contribution in [0.4, 0.5) is 5.69 Å². The van der Waals surface area contributed by atoms with Gasteiger partial charge in [-0.25, -0.2) is 8.42 Å². The first-order valence-corrected chi connectivity index (χ1v) is 9.47. The quantitative estimate of drug-likeness (QED) is 0.442. The molecule has 0 atom stereocenters. The molecule has 112 valence electrons. The van der Waals surface area contributed by atoms with Crippen molar-refractivity contribution in [2.24, 2.45) is 5.73 Å². The summed E-state index contributed by atoms with van der Waals surface area (Å²) in [6.07, 6.45) is 1.85. The number of hydrogen-bond donors (Lipinski definition) is 3. The van der Waals surface area contributed by atoms with Crippen LogP contribution in [0.15, 0.2) is 39.4 Å². The Balaban J connectivity index is 2.39. The molecule has 4 N–H and O–H groups in total. The Morgan fingerprint density at radius 2 is 2.10 bits per heavy atom. The molecule has 21 heavy (non-hydrogen) atoms. The third kappa shape index (κ3) is 3.58. The minimum Gasteiger partial charge on any atom is -0.383 e. The van der Waals surface area contributed by atoms with Gasteiger partial charge in [-0.05, 0) is 36.9 Å². The van der Waals surface area contributed by atoms with Gasteiger partial charge in [0.1, 0.15) is 5.84 Å². The number of amidine groups is 1. The number of nitrogens with one attached hydrogen (secondary N) is 2. The Morgan fingerprint density at radius 3 is 2.67 bits per heavy atom. The van der Waals surface area contributed by atoms with E-state index >= 15 is 0 Å². The van der Waals surface area contributed by atoms with E-state index in [1.54, 1.807) is 24.3 Å². The number of sulfonamides is 1. The molecule has 0 radical (unpaired) electrons. The van der Waals surface area contributed by atoms with Gasteiger partial charge in [0.15, 0.2) is 0 Å². The number of rotatable bonds is 5. The number of benzene rings is 1. The third-order valence-electron chi connectivity index (χ3n) is 2.69. The third-order valence-corrected chi connectivity index (χ3v) is 6.36. The van der Waals surface area contributed by atoms with E-state index in [1.165, 1.54) is 23.1 Å². The van der Waals surface area contributed by atoms with Gasteiger partial charge in [0, 0.05) is 0 Å². The molecule has 0 amide bonds. The fraction of sp³-hybridized carbons (Fsp3) is 0.154. The summed E-state index contributed by atoms with van der Waals surface area (Å²) in [6.45, 7) is 1.84. The second kappa shape index (κ2) is 6.08. The topological polar surface area (TPSA) is 96.0 Å². The summed E-state index contributed by atoms with van der Waals surface area (Å²) in [6, 6.07) is 8.29. The van der Waals surface area contributed by atoms with Gasteiger partial charge in [0.25, 0.3) is 10.0 Å². The maximum atomic E-state index is 12.4. The molecule has 0 fully saturated rings. The SMILES string of the molecule is CSc1sc(C(=N)N)cc1NS(=O)(=O)c1cccc(C)c1. The number of thioether (sulfide) groups is 1. The lowest BCUT2D eigenvalue weighted by Gasteiger charge is -2.08. The summed E-state index contributed by atoms with van der Waals surface area (Å²) in [5.41, 5.74) is 6.78. The van der Waals surface area contributed by atoms with E-state index < -0.39 is 10.0 Å². The summed E-state index contributed by atoms with van der Waals surface area (Å²) in [5, 5.41) is 7.45. The van der Waals surface area contributed by atoms with Crippen LogP contribution in [0.2, 0.25) is 0 Å². The van der Waals surface area contributed by atoms with Crippen molar-refractivity contribution in [2.75, 3.05) is 11.0 Å². The van der Waals surface area contributed by atoms with Crippen molar-refractivity contribution in [1.29, 1.82) is 5.41 Å². The summed E-state index contributed by atoms with van der Waals surface area (Å²) in [7, 11) is -3.65. The lowest BCUT2D eigenvalue weighted by molar-refractivity contribution is 0.601. The zero-order valence-electron chi connectivity index (χ0n) is 11.5. The lowest BCUT2D eigenvalue weighted by Crippen LogP contribution is -2.13. The van der Waals surface area contributed by atoms with Crippen molar-refractivity contribution in [3.63, 3.8) is 0 Å². The Hall–Kier alpha value is -1.51. The average molecular weight is 341 g/mol. The van der Waals surface area contributed by atoms with Crippen LogP contribution in [-0.4, -0.2) is 20.5 Å². The molecule has 0 saturated heterocycles. The molecule has 0 saturated carbocycles. The summed E-state index contributed by atoms with van der Waals surface area (Å²) >= 11 is 2.71. The highest BCUT2D eigenvalue weighted by Gasteiger charge is 2.18. The van der Waals surface area contributed by atoms with Crippen LogP contribution in [0, 0.1) is 12.3 Å². The Bertz CT molecular complexity index is 782. The number of aryl methyl sites for hydroxylation is 1. The average Bonchev–Trinajstić information content (AvgIpc) is 2.81. The van der Waals surface area contributed by atoms with E-state index in [2.05, 4.69) is 4.72 Å². The highest BCUT2D eigenvalue weighted by atomic mass is 32.2. The van der Waals surface area contributed by atoms with Gasteiger partial charge in [0.05, 0.1) is 19.7 Å². The molecule has 0 aliphatic rings. The molecule has 0 aliphatic carbocycles. The fourth-order valence-electron chi connectivity index (χ4n) is 1.72. The molecule has 5 nitrogen and oxygen atoms in total. The standard InChI is InChI=1S/C13H15N3O2S3/c1-8-4-3-5-9(6-8)21(17,18)16-10-7-11(12(14)15)20-13(10)19-2/h3-7,16H,1-2H3,(H3,14,15). The van der Waals surface area contributed by atoms with Gasteiger partial charge in [0.2, 0.25) is 0 Å². The lowest BCUT2D eigenvalue weighted by atomic mass is 10.2. The number of hydrogen-bond acceptors (Lipinski definition) is 5. The maximum Gasteiger partial charge on any atom is 0.261 e. The molecule has 8 heteroatoms. The van der Waals surface area contributed by atoms with Crippen LogP contribution in [0.1, 0.15) is 10.4 Å². The van der Waals surface area contributed by atoms with Gasteiger partial charge in [-0.15, -0.1) is 23.1 Å². The number of nitrogens with two attached hydrogens (primary N) is 1. The zero-order chi connectivity index (χ0) is 15.6. The van der Waals surface area contributed by atoms with Crippen LogP contribution in [-0.2, 0) is 10.0 Å². The van der Waals surface area contributed by atoms with E-state index in [9.17, 15) is 8.42 Å². The molecule has 0 spiro atoms. The van der Waals surface area contributed by atoms with Crippen LogP contribution in [0.25, 0.3) is 0 Å². The first-order valence-electron chi connectivity index (χ1n) is 5.95. The molecule has 0 bridgehead atoms. The molecule has 1 aromatic carbocycles. The van der Waals surface area contributed by atoms with Crippen LogP contribution in [0.3, 0.4) is 0 Å². The van der Waals surface area contributed by atoms with E-state index in [-0.39, 0.29) is 10.7 Å². The zero-order valence-corrected chi connectivity index (χ0v) is 14.0. The van der Waals surface area contributed by atoms with Gasteiger partial charge in [-0.1, -0.05) is 12.1 Å². The first-order chi connectivity index (χ1) is 9.83. The van der Waals surface area contributed by atoms with Gasteiger partial charge >= 0.3 is 0 Å². The van der Waals surface area contributed by atoms with Crippen molar-refractivity contribution in [3.05, 3.63) is 40.8 Å². The van der Waals surface area contributed by atoms with Crippen LogP contribution < -0.4 is 10.5 Å². The second-order valence-corrected chi connectivity index (χ2v) is 8.16. The van der Waals surface area contributed by atoms with E-state index in [0.717, 1.165) is 9.77 Å². The molecular weight excluding hydrogens is 326 g/mol. The van der Waals surface area contributed by atoms with E-state index in [0.29, 0.717) is 10.6 Å². The fourth-order valence-corrected chi connectivity index (χ4v) is 4.65. The van der Waals surface area contributed by atoms with Gasteiger partial charge in [-0.2, -0.15) is 0 Å². The van der Waals surface area contributed by atoms with Crippen molar-refractivity contribution in [3.8, 4) is 0 Å². The monoisotopic (exact) mass is 341 g/mol. The molecule has 2 rings (SSSR count). The van der Waals surface area contributed by atoms with E-state index in [4.69, 9.17) is 11.1 Å². The predicted octanol–water partition coefficient (Wildman–Crippen LogP) is 2.86. The summed E-state index contributed by atoms with van der Waals surface area (Å²) in [4.78, 5) is 0.756. The number of anilines is 1. The molecule has 0 unspecified atom stereocenters. The molecule has 1 heterocycles. The largest absolute Gasteiger partial charge is 0.383 e. The Kier molecular flexibility index (Phi) is 4.60. The maximum absolute atomic E-state index is 12.4. The van der Waals surface area contributed by atoms with Crippen LogP contribution in [0.5, 0.6) is 0 Å². The normalized spacial score (nSPS) is 11.3. The minimum atomic E-state index is -3.65. The summed E-state index contributed by atoms with van der Waals surface area (Å²) in [5.74, 6) is -0.0729. The summed E-state index contributed by atoms with van der Waals surface area (Å²) < 4.78 is 28.1. The van der Waals surface area contributed by atoms with Gasteiger partial charge in [-0.3, -0.25) is 10.1 Å². The Labute approximate surface area is 132 Å². The van der Waals surface area contributed by atoms with E-state index in [1.807, 2.05) is 19.2 Å². The molecule has 2 aromatic rings. The van der Waals surface area contributed by atoms with Crippen molar-refractivity contribution in [1.82, 2.24) is 0 Å². The minimum absolute atomic E-state index is 0.0729. The molecule has 0 aliphatic heterocycles. The van der Waals surface area contributed by atoms with Crippen molar-refractivity contribution >= 4 is 44.6 Å². The number of nitrogen functional groups attached to an aromatic ring is 1. The first kappa shape index (κ1) is 15.9. The Morgan fingerprint density at radius 1 is 1.38 bits per heavy atom. The highest BCUT2D eigenvalue weighted by Crippen LogP contribution is 2.35.